The second kappa shape index (κ2) is 6.37. The van der Waals surface area contributed by atoms with Crippen molar-refractivity contribution in [3.63, 3.8) is 0 Å². The third-order valence-corrected chi connectivity index (χ3v) is 4.56. The highest BCUT2D eigenvalue weighted by Crippen LogP contribution is 2.25. The normalized spacial score (nSPS) is 18.9. The molecule has 0 spiro atoms. The van der Waals surface area contributed by atoms with Gasteiger partial charge in [-0.2, -0.15) is 0 Å². The summed E-state index contributed by atoms with van der Waals surface area (Å²) >= 11 is 1.48. The molecule has 0 aromatic carbocycles. The maximum atomic E-state index is 12.6. The fraction of sp³-hybridized carbons (Fsp3) is 0.571. The van der Waals surface area contributed by atoms with Crippen LogP contribution in [0.3, 0.4) is 0 Å². The van der Waals surface area contributed by atoms with E-state index in [0.717, 1.165) is 11.3 Å². The van der Waals surface area contributed by atoms with Crippen LogP contribution in [0.5, 0.6) is 0 Å². The number of hydrogen-bond acceptors (Lipinski definition) is 5. The van der Waals surface area contributed by atoms with Gasteiger partial charge in [0.15, 0.2) is 6.04 Å². The highest BCUT2D eigenvalue weighted by atomic mass is 32.1. The number of amides is 1. The monoisotopic (exact) mass is 297 g/mol. The molecule has 1 aromatic rings. The Balaban J connectivity index is 2.22. The number of rotatable bonds is 3. The van der Waals surface area contributed by atoms with E-state index < -0.39 is 12.0 Å². The molecule has 1 saturated heterocycles. The molecular formula is C14H19NO4S. The minimum absolute atomic E-state index is 0.114. The lowest BCUT2D eigenvalue weighted by Gasteiger charge is -2.33. The predicted octanol–water partition coefficient (Wildman–Crippen LogP) is 1.63. The van der Waals surface area contributed by atoms with Gasteiger partial charge in [-0.1, -0.05) is 6.92 Å². The second-order valence-electron chi connectivity index (χ2n) is 4.66. The van der Waals surface area contributed by atoms with Crippen molar-refractivity contribution in [2.45, 2.75) is 26.3 Å². The Kier molecular flexibility index (Phi) is 4.77. The van der Waals surface area contributed by atoms with Gasteiger partial charge in [0.2, 0.25) is 0 Å². The molecule has 1 aromatic heterocycles. The molecule has 1 amide bonds. The molecule has 1 unspecified atom stereocenters. The van der Waals surface area contributed by atoms with Crippen LogP contribution < -0.4 is 0 Å². The summed E-state index contributed by atoms with van der Waals surface area (Å²) in [6.45, 7) is 5.14. The van der Waals surface area contributed by atoms with Crippen molar-refractivity contribution in [2.75, 3.05) is 26.9 Å². The van der Waals surface area contributed by atoms with Crippen LogP contribution >= 0.6 is 11.3 Å². The maximum Gasteiger partial charge on any atom is 0.331 e. The number of morpholine rings is 1. The Morgan fingerprint density at radius 3 is 2.90 bits per heavy atom. The van der Waals surface area contributed by atoms with Gasteiger partial charge < -0.3 is 14.4 Å². The lowest BCUT2D eigenvalue weighted by Crippen LogP contribution is -2.52. The topological polar surface area (TPSA) is 55.8 Å². The zero-order chi connectivity index (χ0) is 14.7. The number of aryl methyl sites for hydroxylation is 2. The molecule has 1 atom stereocenters. The smallest absolute Gasteiger partial charge is 0.331 e. The van der Waals surface area contributed by atoms with Gasteiger partial charge in [-0.15, -0.1) is 11.3 Å². The molecule has 0 aliphatic carbocycles. The number of carbonyl (C=O) groups excluding carboxylic acids is 2. The molecule has 2 rings (SSSR count). The molecule has 110 valence electrons. The summed E-state index contributed by atoms with van der Waals surface area (Å²) in [5, 5.41) is 0. The Bertz CT molecular complexity index is 511. The van der Waals surface area contributed by atoms with Crippen LogP contribution in [0.15, 0.2) is 6.07 Å². The molecule has 1 fully saturated rings. The molecule has 0 N–H and O–H groups in total. The SMILES string of the molecule is CCc1cc(C(=O)N2CCOCC2C(=O)OC)sc1C. The van der Waals surface area contributed by atoms with Gasteiger partial charge in [-0.3, -0.25) is 4.79 Å². The van der Waals surface area contributed by atoms with Crippen LogP contribution in [0.25, 0.3) is 0 Å². The Hall–Kier alpha value is -1.40. The molecule has 1 aliphatic rings. The Morgan fingerprint density at radius 1 is 1.55 bits per heavy atom. The molecule has 6 heteroatoms. The van der Waals surface area contributed by atoms with E-state index in [0.29, 0.717) is 18.0 Å². The minimum atomic E-state index is -0.645. The van der Waals surface area contributed by atoms with E-state index in [2.05, 4.69) is 6.92 Å². The first-order valence-electron chi connectivity index (χ1n) is 6.64. The molecule has 0 saturated carbocycles. The predicted molar refractivity (Wildman–Crippen MR) is 76.1 cm³/mol. The van der Waals surface area contributed by atoms with E-state index in [4.69, 9.17) is 9.47 Å². The second-order valence-corrected chi connectivity index (χ2v) is 5.91. The van der Waals surface area contributed by atoms with Crippen LogP contribution in [0.4, 0.5) is 0 Å². The third kappa shape index (κ3) is 2.86. The molecule has 0 radical (unpaired) electrons. The number of methoxy groups -OCH3 is 1. The van der Waals surface area contributed by atoms with Crippen molar-refractivity contribution in [3.8, 4) is 0 Å². The van der Waals surface area contributed by atoms with E-state index in [1.54, 1.807) is 4.90 Å². The van der Waals surface area contributed by atoms with Crippen molar-refractivity contribution >= 4 is 23.2 Å². The van der Waals surface area contributed by atoms with Crippen molar-refractivity contribution in [1.82, 2.24) is 4.90 Å². The largest absolute Gasteiger partial charge is 0.467 e. The van der Waals surface area contributed by atoms with Crippen molar-refractivity contribution in [3.05, 3.63) is 21.4 Å². The summed E-state index contributed by atoms with van der Waals surface area (Å²) in [5.41, 5.74) is 1.18. The van der Waals surface area contributed by atoms with Gasteiger partial charge in [0.25, 0.3) is 5.91 Å². The molecule has 5 nitrogen and oxygen atoms in total. The van der Waals surface area contributed by atoms with Gasteiger partial charge in [0.1, 0.15) is 0 Å². The quantitative estimate of drug-likeness (QED) is 0.796. The van der Waals surface area contributed by atoms with Gasteiger partial charge in [-0.05, 0) is 25.0 Å². The summed E-state index contributed by atoms with van der Waals surface area (Å²) in [6.07, 6.45) is 0.902. The van der Waals surface area contributed by atoms with E-state index in [1.807, 2.05) is 13.0 Å². The number of nitrogens with zero attached hydrogens (tertiary/aromatic N) is 1. The number of carbonyl (C=O) groups is 2. The maximum absolute atomic E-state index is 12.6. The number of hydrogen-bond donors (Lipinski definition) is 0. The van der Waals surface area contributed by atoms with Crippen LogP contribution in [-0.2, 0) is 20.7 Å². The third-order valence-electron chi connectivity index (χ3n) is 3.47. The first-order valence-corrected chi connectivity index (χ1v) is 7.46. The molecule has 20 heavy (non-hydrogen) atoms. The fourth-order valence-electron chi connectivity index (χ4n) is 2.30. The van der Waals surface area contributed by atoms with E-state index >= 15 is 0 Å². The van der Waals surface area contributed by atoms with E-state index in [1.165, 1.54) is 24.0 Å². The molecular weight excluding hydrogens is 278 g/mol. The zero-order valence-electron chi connectivity index (χ0n) is 12.0. The summed E-state index contributed by atoms with van der Waals surface area (Å²) < 4.78 is 10.0. The Labute approximate surface area is 122 Å². The van der Waals surface area contributed by atoms with Gasteiger partial charge in [0.05, 0.1) is 25.2 Å². The molecule has 1 aliphatic heterocycles. The minimum Gasteiger partial charge on any atom is -0.467 e. The highest BCUT2D eigenvalue weighted by molar-refractivity contribution is 7.14. The standard InChI is InChI=1S/C14H19NO4S/c1-4-10-7-12(20-9(10)2)13(16)15-5-6-19-8-11(15)14(17)18-3/h7,11H,4-6,8H2,1-3H3. The van der Waals surface area contributed by atoms with Crippen LogP contribution in [0.2, 0.25) is 0 Å². The average Bonchev–Trinajstić information content (AvgIpc) is 2.86. The van der Waals surface area contributed by atoms with E-state index in [-0.39, 0.29) is 12.5 Å². The van der Waals surface area contributed by atoms with Gasteiger partial charge in [-0.25, -0.2) is 4.79 Å². The summed E-state index contributed by atoms with van der Waals surface area (Å²) in [7, 11) is 1.32. The van der Waals surface area contributed by atoms with Crippen molar-refractivity contribution < 1.29 is 19.1 Å². The highest BCUT2D eigenvalue weighted by Gasteiger charge is 2.34. The lowest BCUT2D eigenvalue weighted by atomic mass is 10.2. The number of esters is 1. The lowest BCUT2D eigenvalue weighted by molar-refractivity contribution is -0.151. The first kappa shape index (κ1) is 15.0. The number of ether oxygens (including phenoxy) is 2. The van der Waals surface area contributed by atoms with Crippen molar-refractivity contribution in [2.24, 2.45) is 0 Å². The summed E-state index contributed by atoms with van der Waals surface area (Å²) in [4.78, 5) is 27.7. The zero-order valence-corrected chi connectivity index (χ0v) is 12.8. The fourth-order valence-corrected chi connectivity index (χ4v) is 3.37. The molecule has 2 heterocycles. The van der Waals surface area contributed by atoms with Gasteiger partial charge >= 0.3 is 5.97 Å². The van der Waals surface area contributed by atoms with Crippen molar-refractivity contribution in [1.29, 1.82) is 0 Å². The summed E-state index contributed by atoms with van der Waals surface area (Å²) in [5.74, 6) is -0.543. The average molecular weight is 297 g/mol. The van der Waals surface area contributed by atoms with Crippen LogP contribution in [0.1, 0.15) is 27.0 Å². The van der Waals surface area contributed by atoms with Gasteiger partial charge in [0, 0.05) is 11.4 Å². The molecule has 0 bridgehead atoms. The Morgan fingerprint density at radius 2 is 2.30 bits per heavy atom. The van der Waals surface area contributed by atoms with E-state index in [9.17, 15) is 9.59 Å². The van der Waals surface area contributed by atoms with Crippen LogP contribution in [0, 0.1) is 6.92 Å². The number of thiophene rings is 1. The summed E-state index contributed by atoms with van der Waals surface area (Å²) in [6, 6.07) is 1.28. The first-order chi connectivity index (χ1) is 9.58. The van der Waals surface area contributed by atoms with Crippen LogP contribution in [-0.4, -0.2) is 49.7 Å².